The number of sulfonamides is 1. The molecule has 0 heterocycles. The molecule has 1 atom stereocenters. The van der Waals surface area contributed by atoms with E-state index >= 15 is 0 Å². The summed E-state index contributed by atoms with van der Waals surface area (Å²) in [6.07, 6.45) is -3.83. The molecular formula is C25H32F3N3O5S. The molecule has 0 fully saturated rings. The number of benzene rings is 2. The highest BCUT2D eigenvalue weighted by atomic mass is 32.2. The molecule has 204 valence electrons. The monoisotopic (exact) mass is 543 g/mol. The normalized spacial score (nSPS) is 12.5. The number of methoxy groups -OCH3 is 1. The van der Waals surface area contributed by atoms with Crippen LogP contribution in [0.15, 0.2) is 48.5 Å². The molecule has 8 nitrogen and oxygen atoms in total. The first-order valence-corrected chi connectivity index (χ1v) is 13.5. The van der Waals surface area contributed by atoms with Gasteiger partial charge in [0.2, 0.25) is 21.8 Å². The standard InChI is InChI=1S/C25H32F3N3O5S/c1-5-29-24(33)18(2)30(17-19-11-13-22(36-3)14-12-19)23(32)10-7-15-31(37(4,34)35)21-9-6-8-20(16-21)25(26,27)28/h6,8-9,11-14,16,18H,5,7,10,15,17H2,1-4H3,(H,29,33)/t18-/m0/s1. The van der Waals surface area contributed by atoms with E-state index in [2.05, 4.69) is 5.32 Å². The van der Waals surface area contributed by atoms with E-state index in [1.807, 2.05) is 0 Å². The van der Waals surface area contributed by atoms with Crippen LogP contribution in [-0.4, -0.2) is 57.6 Å². The van der Waals surface area contributed by atoms with E-state index in [0.717, 1.165) is 34.3 Å². The lowest BCUT2D eigenvalue weighted by molar-refractivity contribution is -0.140. The molecule has 0 aromatic heterocycles. The quantitative estimate of drug-likeness (QED) is 0.439. The van der Waals surface area contributed by atoms with E-state index in [1.165, 1.54) is 18.1 Å². The number of anilines is 1. The van der Waals surface area contributed by atoms with Gasteiger partial charge in [0.15, 0.2) is 0 Å². The maximum atomic E-state index is 13.2. The van der Waals surface area contributed by atoms with Crippen LogP contribution in [0.25, 0.3) is 0 Å². The highest BCUT2D eigenvalue weighted by molar-refractivity contribution is 7.92. The molecule has 0 saturated carbocycles. The maximum Gasteiger partial charge on any atom is 0.416 e. The lowest BCUT2D eigenvalue weighted by Crippen LogP contribution is -2.47. The van der Waals surface area contributed by atoms with Gasteiger partial charge in [-0.05, 0) is 56.2 Å². The molecule has 2 amide bonds. The summed E-state index contributed by atoms with van der Waals surface area (Å²) in [6.45, 7) is 3.65. The van der Waals surface area contributed by atoms with Gasteiger partial charge in [-0.3, -0.25) is 13.9 Å². The number of nitrogens with zero attached hydrogens (tertiary/aromatic N) is 2. The number of halogens is 3. The van der Waals surface area contributed by atoms with Crippen molar-refractivity contribution in [2.45, 2.75) is 45.5 Å². The van der Waals surface area contributed by atoms with Gasteiger partial charge in [0.05, 0.1) is 24.6 Å². The number of amides is 2. The van der Waals surface area contributed by atoms with Crippen LogP contribution < -0.4 is 14.4 Å². The van der Waals surface area contributed by atoms with Crippen LogP contribution in [0.2, 0.25) is 0 Å². The largest absolute Gasteiger partial charge is 0.497 e. The minimum Gasteiger partial charge on any atom is -0.497 e. The van der Waals surface area contributed by atoms with Crippen LogP contribution in [0.5, 0.6) is 5.75 Å². The summed E-state index contributed by atoms with van der Waals surface area (Å²) in [5, 5.41) is 2.69. The summed E-state index contributed by atoms with van der Waals surface area (Å²) in [6, 6.07) is 10.2. The minimum absolute atomic E-state index is 0.0311. The van der Waals surface area contributed by atoms with Gasteiger partial charge in [0, 0.05) is 26.1 Å². The van der Waals surface area contributed by atoms with Gasteiger partial charge in [-0.1, -0.05) is 18.2 Å². The summed E-state index contributed by atoms with van der Waals surface area (Å²) in [7, 11) is -2.40. The molecule has 37 heavy (non-hydrogen) atoms. The first-order valence-electron chi connectivity index (χ1n) is 11.6. The van der Waals surface area contributed by atoms with Crippen LogP contribution >= 0.6 is 0 Å². The van der Waals surface area contributed by atoms with Gasteiger partial charge in [0.1, 0.15) is 11.8 Å². The number of hydrogen-bond donors (Lipinski definition) is 1. The van der Waals surface area contributed by atoms with E-state index in [1.54, 1.807) is 38.1 Å². The molecule has 1 N–H and O–H groups in total. The third-order valence-corrected chi connectivity index (χ3v) is 6.84. The zero-order valence-corrected chi connectivity index (χ0v) is 22.0. The maximum absolute atomic E-state index is 13.2. The van der Waals surface area contributed by atoms with Crippen molar-refractivity contribution >= 4 is 27.5 Å². The average molecular weight is 544 g/mol. The number of hydrogen-bond acceptors (Lipinski definition) is 5. The molecule has 0 aliphatic heterocycles. The summed E-state index contributed by atoms with van der Waals surface area (Å²) in [5.41, 5.74) is -0.362. The Morgan fingerprint density at radius 1 is 1.11 bits per heavy atom. The number of nitrogens with one attached hydrogen (secondary N) is 1. The van der Waals surface area contributed by atoms with E-state index in [0.29, 0.717) is 12.3 Å². The van der Waals surface area contributed by atoms with E-state index in [4.69, 9.17) is 4.74 Å². The summed E-state index contributed by atoms with van der Waals surface area (Å²) in [5.74, 6) is -0.105. The molecule has 0 aliphatic carbocycles. The lowest BCUT2D eigenvalue weighted by atomic mass is 10.1. The highest BCUT2D eigenvalue weighted by Gasteiger charge is 2.32. The second-order valence-corrected chi connectivity index (χ2v) is 10.3. The van der Waals surface area contributed by atoms with Crippen molar-refractivity contribution in [3.63, 3.8) is 0 Å². The Labute approximate surface area is 215 Å². The van der Waals surface area contributed by atoms with E-state index in [9.17, 15) is 31.2 Å². The van der Waals surface area contributed by atoms with Crippen LogP contribution in [-0.2, 0) is 32.3 Å². The average Bonchev–Trinajstić information content (AvgIpc) is 2.84. The van der Waals surface area contributed by atoms with Crippen molar-refractivity contribution < 1.29 is 35.9 Å². The summed E-state index contributed by atoms with van der Waals surface area (Å²) < 4.78 is 70.1. The molecule has 12 heteroatoms. The van der Waals surface area contributed by atoms with Crippen LogP contribution in [0.3, 0.4) is 0 Å². The van der Waals surface area contributed by atoms with Gasteiger partial charge in [-0.2, -0.15) is 13.2 Å². The smallest absolute Gasteiger partial charge is 0.416 e. The lowest BCUT2D eigenvalue weighted by Gasteiger charge is -2.29. The van der Waals surface area contributed by atoms with E-state index in [-0.39, 0.29) is 37.5 Å². The van der Waals surface area contributed by atoms with Crippen molar-refractivity contribution in [2.75, 3.05) is 30.8 Å². The molecular weight excluding hydrogens is 511 g/mol. The summed E-state index contributed by atoms with van der Waals surface area (Å²) >= 11 is 0. The number of carbonyl (C=O) groups is 2. The first kappa shape index (κ1) is 29.9. The SMILES string of the molecule is CCNC(=O)[C@H](C)N(Cc1ccc(OC)cc1)C(=O)CCCN(c1cccc(C(F)(F)F)c1)S(C)(=O)=O. The van der Waals surface area contributed by atoms with Crippen LogP contribution in [0.4, 0.5) is 18.9 Å². The molecule has 2 aromatic carbocycles. The molecule has 0 unspecified atom stereocenters. The van der Waals surface area contributed by atoms with Gasteiger partial charge in [-0.25, -0.2) is 8.42 Å². The van der Waals surface area contributed by atoms with Gasteiger partial charge in [0.25, 0.3) is 0 Å². The number of ether oxygens (including phenoxy) is 1. The highest BCUT2D eigenvalue weighted by Crippen LogP contribution is 2.32. The molecule has 0 bridgehead atoms. The van der Waals surface area contributed by atoms with Crippen LogP contribution in [0.1, 0.15) is 37.8 Å². The third-order valence-electron chi connectivity index (χ3n) is 5.64. The van der Waals surface area contributed by atoms with Crippen molar-refractivity contribution in [1.29, 1.82) is 0 Å². The number of rotatable bonds is 12. The molecule has 2 rings (SSSR count). The van der Waals surface area contributed by atoms with Crippen molar-refractivity contribution in [3.05, 3.63) is 59.7 Å². The van der Waals surface area contributed by atoms with Gasteiger partial charge in [-0.15, -0.1) is 0 Å². The number of alkyl halides is 3. The fourth-order valence-corrected chi connectivity index (χ4v) is 4.63. The fraction of sp³-hybridized carbons (Fsp3) is 0.440. The Kier molecular flexibility index (Phi) is 10.4. The second kappa shape index (κ2) is 12.8. The summed E-state index contributed by atoms with van der Waals surface area (Å²) in [4.78, 5) is 27.1. The van der Waals surface area contributed by atoms with Crippen LogP contribution in [0, 0.1) is 0 Å². The predicted octanol–water partition coefficient (Wildman–Crippen LogP) is 3.81. The first-order chi connectivity index (χ1) is 17.3. The Balaban J connectivity index is 2.20. The molecule has 0 radical (unpaired) electrons. The Morgan fingerprint density at radius 3 is 2.30 bits per heavy atom. The minimum atomic E-state index is -4.63. The number of carbonyl (C=O) groups excluding carboxylic acids is 2. The van der Waals surface area contributed by atoms with Crippen molar-refractivity contribution in [3.8, 4) is 5.75 Å². The molecule has 0 saturated heterocycles. The Morgan fingerprint density at radius 2 is 1.76 bits per heavy atom. The molecule has 0 spiro atoms. The van der Waals surface area contributed by atoms with Crippen molar-refractivity contribution in [1.82, 2.24) is 10.2 Å². The Hall–Kier alpha value is -3.28. The Bertz CT molecular complexity index is 1170. The van der Waals surface area contributed by atoms with Gasteiger partial charge >= 0.3 is 6.18 Å². The second-order valence-electron chi connectivity index (χ2n) is 8.43. The fourth-order valence-electron chi connectivity index (χ4n) is 3.67. The molecule has 2 aromatic rings. The topological polar surface area (TPSA) is 96.0 Å². The zero-order chi connectivity index (χ0) is 27.8. The zero-order valence-electron chi connectivity index (χ0n) is 21.2. The van der Waals surface area contributed by atoms with Crippen molar-refractivity contribution in [2.24, 2.45) is 0 Å². The molecule has 0 aliphatic rings. The number of likely N-dealkylation sites (N-methyl/N-ethyl adjacent to an activating group) is 1. The predicted molar refractivity (Wildman–Crippen MR) is 135 cm³/mol. The van der Waals surface area contributed by atoms with E-state index < -0.39 is 33.7 Å². The third kappa shape index (κ3) is 8.66. The van der Waals surface area contributed by atoms with Gasteiger partial charge < -0.3 is 15.0 Å².